The lowest BCUT2D eigenvalue weighted by molar-refractivity contribution is -0.133. The van der Waals surface area contributed by atoms with Crippen LogP contribution in [0.2, 0.25) is 0 Å². The molecule has 1 aromatic heterocycles. The molecule has 5 nitrogen and oxygen atoms in total. The number of aryl methyl sites for hydroxylation is 2. The van der Waals surface area contributed by atoms with Gasteiger partial charge in [0.2, 0.25) is 5.91 Å². The number of thiophene rings is 1. The molecule has 2 amide bonds. The summed E-state index contributed by atoms with van der Waals surface area (Å²) in [7, 11) is 0. The second-order valence-corrected chi connectivity index (χ2v) is 9.90. The molecule has 0 aliphatic rings. The number of carbonyl (C=O) groups is 2. The molecule has 0 spiro atoms. The van der Waals surface area contributed by atoms with E-state index < -0.39 is 0 Å². The second-order valence-electron chi connectivity index (χ2n) is 8.53. The Morgan fingerprint density at radius 1 is 0.914 bits per heavy atom. The molecule has 0 unspecified atom stereocenters. The molecule has 0 fully saturated rings. The summed E-state index contributed by atoms with van der Waals surface area (Å²) in [5.74, 6) is -0.648. The molecule has 0 bridgehead atoms. The van der Waals surface area contributed by atoms with Gasteiger partial charge in [0.25, 0.3) is 5.91 Å². The minimum absolute atomic E-state index is 0.0373. The Kier molecular flexibility index (Phi) is 9.99. The van der Waals surface area contributed by atoms with Crippen LogP contribution < -0.4 is 0 Å². The van der Waals surface area contributed by atoms with Crippen LogP contribution >= 0.6 is 11.3 Å². The summed E-state index contributed by atoms with van der Waals surface area (Å²) in [6.45, 7) is 8.20. The summed E-state index contributed by atoms with van der Waals surface area (Å²) >= 11 is 1.64. The van der Waals surface area contributed by atoms with Crippen LogP contribution in [0.5, 0.6) is 0 Å². The standard InChI is InChI=1S/C28H33FN2O3S/c1-4-34-17-5-16-30(28(33)24-11-6-21(2)7-12-24)20-27(32)31(19-26-15-8-22(3)35-26)18-23-9-13-25(29)14-10-23/h6-15H,4-5,16-20H2,1-3H3. The maximum absolute atomic E-state index is 13.5. The monoisotopic (exact) mass is 496 g/mol. The zero-order valence-corrected chi connectivity index (χ0v) is 21.4. The number of rotatable bonds is 12. The second kappa shape index (κ2) is 13.2. The van der Waals surface area contributed by atoms with Gasteiger partial charge in [-0.25, -0.2) is 4.39 Å². The lowest BCUT2D eigenvalue weighted by Gasteiger charge is -2.28. The molecule has 186 valence electrons. The van der Waals surface area contributed by atoms with Crippen molar-refractivity contribution in [3.05, 3.63) is 92.9 Å². The van der Waals surface area contributed by atoms with Crippen LogP contribution in [0.4, 0.5) is 4.39 Å². The Hall–Kier alpha value is -3.03. The van der Waals surface area contributed by atoms with Gasteiger partial charge in [0.05, 0.1) is 6.54 Å². The van der Waals surface area contributed by atoms with E-state index in [2.05, 4.69) is 0 Å². The van der Waals surface area contributed by atoms with Gasteiger partial charge in [-0.2, -0.15) is 0 Å². The fourth-order valence-electron chi connectivity index (χ4n) is 3.70. The Morgan fingerprint density at radius 2 is 1.63 bits per heavy atom. The van der Waals surface area contributed by atoms with Crippen molar-refractivity contribution in [2.24, 2.45) is 0 Å². The smallest absolute Gasteiger partial charge is 0.254 e. The van der Waals surface area contributed by atoms with Gasteiger partial charge in [-0.05, 0) is 69.2 Å². The van der Waals surface area contributed by atoms with Gasteiger partial charge in [-0.15, -0.1) is 11.3 Å². The van der Waals surface area contributed by atoms with Crippen molar-refractivity contribution < 1.29 is 18.7 Å². The minimum atomic E-state index is -0.315. The molecular weight excluding hydrogens is 463 g/mol. The van der Waals surface area contributed by atoms with Crippen molar-refractivity contribution in [1.82, 2.24) is 9.80 Å². The quantitative estimate of drug-likeness (QED) is 0.307. The number of hydrogen-bond acceptors (Lipinski definition) is 4. The van der Waals surface area contributed by atoms with Crippen molar-refractivity contribution in [3.8, 4) is 0 Å². The molecule has 0 radical (unpaired) electrons. The summed E-state index contributed by atoms with van der Waals surface area (Å²) in [4.78, 5) is 32.4. The van der Waals surface area contributed by atoms with E-state index in [4.69, 9.17) is 4.74 Å². The molecule has 35 heavy (non-hydrogen) atoms. The maximum Gasteiger partial charge on any atom is 0.254 e. The highest BCUT2D eigenvalue weighted by atomic mass is 32.1. The Balaban J connectivity index is 1.79. The molecule has 0 aliphatic carbocycles. The molecule has 1 heterocycles. The van der Waals surface area contributed by atoms with Crippen LogP contribution in [0.15, 0.2) is 60.7 Å². The number of halogens is 1. The van der Waals surface area contributed by atoms with Gasteiger partial charge in [-0.3, -0.25) is 9.59 Å². The summed E-state index contributed by atoms with van der Waals surface area (Å²) in [6, 6.07) is 17.6. The molecule has 0 saturated heterocycles. The van der Waals surface area contributed by atoms with Gasteiger partial charge in [-0.1, -0.05) is 29.8 Å². The van der Waals surface area contributed by atoms with Gasteiger partial charge < -0.3 is 14.5 Å². The van der Waals surface area contributed by atoms with Crippen LogP contribution in [-0.2, 0) is 22.6 Å². The zero-order valence-electron chi connectivity index (χ0n) is 20.6. The van der Waals surface area contributed by atoms with Crippen LogP contribution in [0, 0.1) is 19.7 Å². The van der Waals surface area contributed by atoms with Gasteiger partial charge in [0, 0.05) is 41.6 Å². The third-order valence-corrected chi connectivity index (χ3v) is 6.60. The first-order chi connectivity index (χ1) is 16.9. The van der Waals surface area contributed by atoms with E-state index in [1.807, 2.05) is 45.0 Å². The average Bonchev–Trinajstić information content (AvgIpc) is 3.26. The first-order valence-electron chi connectivity index (χ1n) is 11.9. The molecule has 0 atom stereocenters. The fourth-order valence-corrected chi connectivity index (χ4v) is 4.60. The van der Waals surface area contributed by atoms with Gasteiger partial charge >= 0.3 is 0 Å². The molecule has 3 aromatic rings. The van der Waals surface area contributed by atoms with Crippen molar-refractivity contribution in [1.29, 1.82) is 0 Å². The summed E-state index contributed by atoms with van der Waals surface area (Å²) < 4.78 is 18.9. The molecule has 7 heteroatoms. The average molecular weight is 497 g/mol. The predicted octanol–water partition coefficient (Wildman–Crippen LogP) is 5.60. The van der Waals surface area contributed by atoms with E-state index in [1.165, 1.54) is 17.0 Å². The fraction of sp³-hybridized carbons (Fsp3) is 0.357. The SMILES string of the molecule is CCOCCCN(CC(=O)N(Cc1ccc(F)cc1)Cc1ccc(C)s1)C(=O)c1ccc(C)cc1. The number of nitrogens with zero attached hydrogens (tertiary/aromatic N) is 2. The molecule has 0 saturated carbocycles. The predicted molar refractivity (Wildman–Crippen MR) is 138 cm³/mol. The molecular formula is C28H33FN2O3S. The maximum atomic E-state index is 13.5. The number of amides is 2. The number of ether oxygens (including phenoxy) is 1. The van der Waals surface area contributed by atoms with Crippen LogP contribution in [0.1, 0.15) is 44.6 Å². The van der Waals surface area contributed by atoms with E-state index in [-0.39, 0.29) is 24.2 Å². The van der Waals surface area contributed by atoms with Crippen molar-refractivity contribution in [2.75, 3.05) is 26.3 Å². The van der Waals surface area contributed by atoms with E-state index in [0.717, 1.165) is 16.0 Å². The molecule has 3 rings (SSSR count). The normalized spacial score (nSPS) is 10.9. The number of hydrogen-bond donors (Lipinski definition) is 0. The molecule has 0 N–H and O–H groups in total. The third-order valence-electron chi connectivity index (χ3n) is 5.61. The van der Waals surface area contributed by atoms with Crippen molar-refractivity contribution >= 4 is 23.2 Å². The van der Waals surface area contributed by atoms with Crippen LogP contribution in [0.25, 0.3) is 0 Å². The Bertz CT molecular complexity index is 1100. The summed E-state index contributed by atoms with van der Waals surface area (Å²) in [6.07, 6.45) is 0.640. The van der Waals surface area contributed by atoms with E-state index in [1.54, 1.807) is 45.4 Å². The van der Waals surface area contributed by atoms with E-state index >= 15 is 0 Å². The zero-order chi connectivity index (χ0) is 25.2. The van der Waals surface area contributed by atoms with Crippen molar-refractivity contribution in [3.63, 3.8) is 0 Å². The molecule has 2 aromatic carbocycles. The van der Waals surface area contributed by atoms with Crippen LogP contribution in [-0.4, -0.2) is 47.9 Å². The summed E-state index contributed by atoms with van der Waals surface area (Å²) in [5, 5.41) is 0. The molecule has 0 aliphatic heterocycles. The largest absolute Gasteiger partial charge is 0.382 e. The highest BCUT2D eigenvalue weighted by molar-refractivity contribution is 7.11. The van der Waals surface area contributed by atoms with Gasteiger partial charge in [0.15, 0.2) is 0 Å². The van der Waals surface area contributed by atoms with E-state index in [9.17, 15) is 14.0 Å². The highest BCUT2D eigenvalue weighted by Gasteiger charge is 2.23. The Labute approximate surface area is 211 Å². The first kappa shape index (κ1) is 26.6. The number of carbonyl (C=O) groups excluding carboxylic acids is 2. The van der Waals surface area contributed by atoms with Crippen molar-refractivity contribution in [2.45, 2.75) is 40.3 Å². The Morgan fingerprint density at radius 3 is 2.26 bits per heavy atom. The van der Waals surface area contributed by atoms with Gasteiger partial charge in [0.1, 0.15) is 12.4 Å². The highest BCUT2D eigenvalue weighted by Crippen LogP contribution is 2.19. The topological polar surface area (TPSA) is 49.9 Å². The lowest BCUT2D eigenvalue weighted by Crippen LogP contribution is -2.43. The van der Waals surface area contributed by atoms with Crippen LogP contribution in [0.3, 0.4) is 0 Å². The number of benzene rings is 2. The first-order valence-corrected chi connectivity index (χ1v) is 12.7. The minimum Gasteiger partial charge on any atom is -0.382 e. The third kappa shape index (κ3) is 8.30. The van der Waals surface area contributed by atoms with E-state index in [0.29, 0.717) is 44.8 Å². The lowest BCUT2D eigenvalue weighted by atomic mass is 10.1. The summed E-state index contributed by atoms with van der Waals surface area (Å²) in [5.41, 5.74) is 2.46.